The Morgan fingerprint density at radius 3 is 2.22 bits per heavy atom. The fourth-order valence-corrected chi connectivity index (χ4v) is 3.30. The predicted molar refractivity (Wildman–Crippen MR) is 92.0 cm³/mol. The van der Waals surface area contributed by atoms with Gasteiger partial charge in [-0.05, 0) is 51.1 Å². The summed E-state index contributed by atoms with van der Waals surface area (Å²) in [6.07, 6.45) is 0.712. The number of nitrogens with one attached hydrogen (secondary N) is 3. The lowest BCUT2D eigenvalue weighted by molar-refractivity contribution is 0.0950. The third-order valence-electron chi connectivity index (χ3n) is 3.52. The average molecular weight is 341 g/mol. The van der Waals surface area contributed by atoms with Crippen LogP contribution in [-0.2, 0) is 10.0 Å². The summed E-state index contributed by atoms with van der Waals surface area (Å²) in [6, 6.07) is 6.01. The maximum absolute atomic E-state index is 12.1. The van der Waals surface area contributed by atoms with Gasteiger partial charge in [0.05, 0.1) is 4.90 Å². The number of likely N-dealkylation sites (N-methyl/N-ethyl adjacent to an activating group) is 1. The first kappa shape index (κ1) is 19.6. The van der Waals surface area contributed by atoms with Crippen LogP contribution in [0, 0.1) is 0 Å². The van der Waals surface area contributed by atoms with Crippen LogP contribution in [0.1, 0.15) is 44.5 Å². The fourth-order valence-electron chi connectivity index (χ4n) is 1.97. The summed E-state index contributed by atoms with van der Waals surface area (Å²) in [5, 5.41) is 6.02. The molecule has 1 amide bonds. The van der Waals surface area contributed by atoms with E-state index in [-0.39, 0.29) is 22.9 Å². The summed E-state index contributed by atoms with van der Waals surface area (Å²) in [6.45, 7) is 9.07. The standard InChI is InChI=1S/C16H27N3O3S/c1-5-12(3)19-23(21,22)15-9-7-14(8-10-15)16(20)18-11-13(4)17-6-2/h7-10,12-13,17,19H,5-6,11H2,1-4H3,(H,18,20)/t12?,13-/m1/s1. The molecule has 23 heavy (non-hydrogen) atoms. The molecule has 0 radical (unpaired) electrons. The fraction of sp³-hybridized carbons (Fsp3) is 0.562. The van der Waals surface area contributed by atoms with Gasteiger partial charge in [-0.1, -0.05) is 13.8 Å². The first-order chi connectivity index (χ1) is 10.8. The summed E-state index contributed by atoms with van der Waals surface area (Å²) >= 11 is 0. The SMILES string of the molecule is CCN[C@H](C)CNC(=O)c1ccc(S(=O)(=O)NC(C)CC)cc1. The average Bonchev–Trinajstić information content (AvgIpc) is 2.52. The van der Waals surface area contributed by atoms with Gasteiger partial charge in [-0.25, -0.2) is 13.1 Å². The minimum absolute atomic E-state index is 0.129. The Kier molecular flexibility index (Phi) is 7.67. The van der Waals surface area contributed by atoms with Crippen LogP contribution < -0.4 is 15.4 Å². The molecule has 2 atom stereocenters. The number of carbonyl (C=O) groups is 1. The first-order valence-corrected chi connectivity index (χ1v) is 9.42. The summed E-state index contributed by atoms with van der Waals surface area (Å²) < 4.78 is 26.9. The van der Waals surface area contributed by atoms with Crippen LogP contribution in [0.15, 0.2) is 29.2 Å². The summed E-state index contributed by atoms with van der Waals surface area (Å²) in [7, 11) is -3.54. The van der Waals surface area contributed by atoms with Crippen molar-refractivity contribution in [1.29, 1.82) is 0 Å². The molecular formula is C16H27N3O3S. The van der Waals surface area contributed by atoms with E-state index in [0.29, 0.717) is 18.5 Å². The van der Waals surface area contributed by atoms with E-state index in [1.165, 1.54) is 24.3 Å². The highest BCUT2D eigenvalue weighted by molar-refractivity contribution is 7.89. The minimum atomic E-state index is -3.54. The van der Waals surface area contributed by atoms with E-state index in [2.05, 4.69) is 15.4 Å². The normalized spacial score (nSPS) is 14.3. The van der Waals surface area contributed by atoms with Crippen molar-refractivity contribution in [3.8, 4) is 0 Å². The minimum Gasteiger partial charge on any atom is -0.350 e. The van der Waals surface area contributed by atoms with Gasteiger partial charge in [0, 0.05) is 24.2 Å². The Morgan fingerprint density at radius 1 is 1.09 bits per heavy atom. The number of amides is 1. The molecule has 1 unspecified atom stereocenters. The van der Waals surface area contributed by atoms with Gasteiger partial charge in [0.25, 0.3) is 5.91 Å². The molecule has 7 heteroatoms. The highest BCUT2D eigenvalue weighted by Gasteiger charge is 2.17. The Morgan fingerprint density at radius 2 is 1.70 bits per heavy atom. The molecule has 0 spiro atoms. The molecule has 0 aliphatic carbocycles. The largest absolute Gasteiger partial charge is 0.350 e. The van der Waals surface area contributed by atoms with Crippen LogP contribution >= 0.6 is 0 Å². The zero-order chi connectivity index (χ0) is 17.5. The van der Waals surface area contributed by atoms with E-state index in [1.807, 2.05) is 27.7 Å². The number of hydrogen-bond donors (Lipinski definition) is 3. The lowest BCUT2D eigenvalue weighted by Crippen LogP contribution is -2.38. The van der Waals surface area contributed by atoms with Gasteiger partial charge in [0.15, 0.2) is 0 Å². The zero-order valence-corrected chi connectivity index (χ0v) is 15.0. The van der Waals surface area contributed by atoms with Crippen LogP contribution in [0.2, 0.25) is 0 Å². The second kappa shape index (κ2) is 9.00. The highest BCUT2D eigenvalue weighted by Crippen LogP contribution is 2.11. The molecule has 3 N–H and O–H groups in total. The van der Waals surface area contributed by atoms with E-state index in [1.54, 1.807) is 0 Å². The summed E-state index contributed by atoms with van der Waals surface area (Å²) in [5.74, 6) is -0.214. The molecule has 0 aliphatic rings. The van der Waals surface area contributed by atoms with Crippen molar-refractivity contribution in [3.05, 3.63) is 29.8 Å². The van der Waals surface area contributed by atoms with Crippen molar-refractivity contribution in [1.82, 2.24) is 15.4 Å². The molecule has 6 nitrogen and oxygen atoms in total. The first-order valence-electron chi connectivity index (χ1n) is 7.94. The number of rotatable bonds is 9. The van der Waals surface area contributed by atoms with Crippen LogP contribution in [0.3, 0.4) is 0 Å². The monoisotopic (exact) mass is 341 g/mol. The molecule has 1 rings (SSSR count). The Labute approximate surface area is 139 Å². The molecular weight excluding hydrogens is 314 g/mol. The van der Waals surface area contributed by atoms with Crippen molar-refractivity contribution in [2.24, 2.45) is 0 Å². The Hall–Kier alpha value is -1.44. The van der Waals surface area contributed by atoms with Crippen LogP contribution in [0.5, 0.6) is 0 Å². The summed E-state index contributed by atoms with van der Waals surface area (Å²) in [5.41, 5.74) is 0.441. The Bertz CT molecular complexity index is 600. The maximum Gasteiger partial charge on any atom is 0.251 e. The van der Waals surface area contributed by atoms with E-state index in [9.17, 15) is 13.2 Å². The molecule has 0 aromatic heterocycles. The number of hydrogen-bond acceptors (Lipinski definition) is 4. The zero-order valence-electron chi connectivity index (χ0n) is 14.2. The van der Waals surface area contributed by atoms with Crippen molar-refractivity contribution >= 4 is 15.9 Å². The van der Waals surface area contributed by atoms with Crippen LogP contribution in [0.4, 0.5) is 0 Å². The van der Waals surface area contributed by atoms with Gasteiger partial charge in [0.1, 0.15) is 0 Å². The number of carbonyl (C=O) groups excluding carboxylic acids is 1. The van der Waals surface area contributed by atoms with Crippen LogP contribution in [0.25, 0.3) is 0 Å². The van der Waals surface area contributed by atoms with Gasteiger partial charge in [-0.2, -0.15) is 0 Å². The molecule has 0 bridgehead atoms. The van der Waals surface area contributed by atoms with Gasteiger partial charge in [-0.3, -0.25) is 4.79 Å². The predicted octanol–water partition coefficient (Wildman–Crippen LogP) is 1.49. The molecule has 1 aromatic rings. The molecule has 1 aromatic carbocycles. The van der Waals surface area contributed by atoms with E-state index < -0.39 is 10.0 Å². The molecule has 0 saturated carbocycles. The lowest BCUT2D eigenvalue weighted by Gasteiger charge is -2.14. The molecule has 0 fully saturated rings. The topological polar surface area (TPSA) is 87.3 Å². The van der Waals surface area contributed by atoms with Crippen molar-refractivity contribution in [3.63, 3.8) is 0 Å². The van der Waals surface area contributed by atoms with Crippen molar-refractivity contribution in [2.75, 3.05) is 13.1 Å². The maximum atomic E-state index is 12.1. The molecule has 0 heterocycles. The Balaban J connectivity index is 2.71. The van der Waals surface area contributed by atoms with Crippen LogP contribution in [-0.4, -0.2) is 39.5 Å². The highest BCUT2D eigenvalue weighted by atomic mass is 32.2. The van der Waals surface area contributed by atoms with E-state index in [4.69, 9.17) is 0 Å². The third-order valence-corrected chi connectivity index (χ3v) is 5.12. The second-order valence-electron chi connectivity index (χ2n) is 5.62. The quantitative estimate of drug-likeness (QED) is 0.635. The number of benzene rings is 1. The third kappa shape index (κ3) is 6.29. The van der Waals surface area contributed by atoms with Gasteiger partial charge < -0.3 is 10.6 Å². The van der Waals surface area contributed by atoms with E-state index >= 15 is 0 Å². The number of sulfonamides is 1. The lowest BCUT2D eigenvalue weighted by atomic mass is 10.2. The molecule has 0 saturated heterocycles. The van der Waals surface area contributed by atoms with Gasteiger partial charge in [0.2, 0.25) is 10.0 Å². The molecule has 130 valence electrons. The second-order valence-corrected chi connectivity index (χ2v) is 7.34. The van der Waals surface area contributed by atoms with E-state index in [0.717, 1.165) is 6.54 Å². The van der Waals surface area contributed by atoms with Crippen molar-refractivity contribution in [2.45, 2.75) is 51.1 Å². The van der Waals surface area contributed by atoms with Gasteiger partial charge >= 0.3 is 0 Å². The van der Waals surface area contributed by atoms with Crippen molar-refractivity contribution < 1.29 is 13.2 Å². The summed E-state index contributed by atoms with van der Waals surface area (Å²) in [4.78, 5) is 12.2. The van der Waals surface area contributed by atoms with Gasteiger partial charge in [-0.15, -0.1) is 0 Å². The molecule has 0 aliphatic heterocycles. The smallest absolute Gasteiger partial charge is 0.251 e.